The highest BCUT2D eigenvalue weighted by Crippen LogP contribution is 2.40. The topological polar surface area (TPSA) is 49.5 Å². The Morgan fingerprint density at radius 1 is 1.44 bits per heavy atom. The van der Waals surface area contributed by atoms with Gasteiger partial charge in [0.2, 0.25) is 0 Å². The van der Waals surface area contributed by atoms with Gasteiger partial charge in [-0.2, -0.15) is 0 Å². The fourth-order valence-electron chi connectivity index (χ4n) is 3.23. The van der Waals surface area contributed by atoms with Crippen LogP contribution in [-0.2, 0) is 6.42 Å². The summed E-state index contributed by atoms with van der Waals surface area (Å²) in [4.78, 5) is 2.48. The number of phenolic OH excluding ortho intramolecular Hbond substituents is 1. The van der Waals surface area contributed by atoms with Gasteiger partial charge in [-0.25, -0.2) is 0 Å². The highest BCUT2D eigenvalue weighted by molar-refractivity contribution is 5.62. The van der Waals surface area contributed by atoms with Crippen LogP contribution in [0.3, 0.4) is 0 Å². The first kappa shape index (κ1) is 9.97. The van der Waals surface area contributed by atoms with Crippen LogP contribution in [0.2, 0.25) is 0 Å². The lowest BCUT2D eigenvalue weighted by Crippen LogP contribution is -2.45. The molecule has 2 aliphatic heterocycles. The standard InChI is InChI=1S/C13H18N2O/c14-8-9-2-1-5-15-12-4-3-11(16)6-10(12)7-13(9)15/h3-4,6,9,13,16H,1-2,5,7-8,14H2. The van der Waals surface area contributed by atoms with Gasteiger partial charge in [0, 0.05) is 18.3 Å². The predicted octanol–water partition coefficient (Wildman–Crippen LogP) is 1.49. The van der Waals surface area contributed by atoms with Gasteiger partial charge in [0.05, 0.1) is 0 Å². The number of piperidine rings is 1. The van der Waals surface area contributed by atoms with Crippen molar-refractivity contribution in [3.63, 3.8) is 0 Å². The molecule has 0 saturated carbocycles. The van der Waals surface area contributed by atoms with Crippen LogP contribution < -0.4 is 10.6 Å². The van der Waals surface area contributed by atoms with Gasteiger partial charge >= 0.3 is 0 Å². The Labute approximate surface area is 95.9 Å². The summed E-state index contributed by atoms with van der Waals surface area (Å²) < 4.78 is 0. The number of hydrogen-bond donors (Lipinski definition) is 2. The van der Waals surface area contributed by atoms with Crippen LogP contribution >= 0.6 is 0 Å². The third kappa shape index (κ3) is 1.39. The van der Waals surface area contributed by atoms with Gasteiger partial charge in [0.15, 0.2) is 0 Å². The lowest BCUT2D eigenvalue weighted by molar-refractivity contribution is 0.339. The number of fused-ring (bicyclic) bond motifs is 3. The zero-order valence-electron chi connectivity index (χ0n) is 9.39. The van der Waals surface area contributed by atoms with Crippen molar-refractivity contribution in [2.24, 2.45) is 11.7 Å². The summed E-state index contributed by atoms with van der Waals surface area (Å²) in [6, 6.07) is 6.30. The van der Waals surface area contributed by atoms with E-state index in [4.69, 9.17) is 5.73 Å². The van der Waals surface area contributed by atoms with Crippen molar-refractivity contribution in [1.29, 1.82) is 0 Å². The Morgan fingerprint density at radius 3 is 3.12 bits per heavy atom. The molecule has 0 aromatic heterocycles. The van der Waals surface area contributed by atoms with Crippen LogP contribution in [0.25, 0.3) is 0 Å². The van der Waals surface area contributed by atoms with E-state index in [-0.39, 0.29) is 0 Å². The van der Waals surface area contributed by atoms with E-state index in [2.05, 4.69) is 4.90 Å². The molecule has 2 atom stereocenters. The van der Waals surface area contributed by atoms with E-state index < -0.39 is 0 Å². The van der Waals surface area contributed by atoms with E-state index in [1.807, 2.05) is 12.1 Å². The highest BCUT2D eigenvalue weighted by Gasteiger charge is 2.36. The molecule has 1 saturated heterocycles. The van der Waals surface area contributed by atoms with E-state index in [1.165, 1.54) is 24.1 Å². The number of nitrogens with zero attached hydrogens (tertiary/aromatic N) is 1. The van der Waals surface area contributed by atoms with Gasteiger partial charge in [-0.15, -0.1) is 0 Å². The molecule has 2 unspecified atom stereocenters. The Kier molecular flexibility index (Phi) is 2.28. The van der Waals surface area contributed by atoms with Crippen molar-refractivity contribution in [3.05, 3.63) is 23.8 Å². The molecule has 0 aliphatic carbocycles. The SMILES string of the molecule is NCC1CCCN2c3ccc(O)cc3CC12. The molecule has 1 fully saturated rings. The second kappa shape index (κ2) is 3.67. The van der Waals surface area contributed by atoms with Gasteiger partial charge in [-0.1, -0.05) is 0 Å². The summed E-state index contributed by atoms with van der Waals surface area (Å²) in [6.45, 7) is 1.92. The largest absolute Gasteiger partial charge is 0.508 e. The molecule has 3 heteroatoms. The molecule has 3 N–H and O–H groups in total. The molecule has 1 aromatic carbocycles. The van der Waals surface area contributed by atoms with E-state index in [0.717, 1.165) is 19.5 Å². The van der Waals surface area contributed by atoms with Crippen LogP contribution in [0, 0.1) is 5.92 Å². The quantitative estimate of drug-likeness (QED) is 0.751. The normalized spacial score (nSPS) is 27.7. The monoisotopic (exact) mass is 218 g/mol. The summed E-state index contributed by atoms with van der Waals surface area (Å²) in [6.07, 6.45) is 3.53. The third-order valence-electron chi connectivity index (χ3n) is 4.02. The van der Waals surface area contributed by atoms with Crippen molar-refractivity contribution < 1.29 is 5.11 Å². The Bertz CT molecular complexity index is 405. The number of benzene rings is 1. The van der Waals surface area contributed by atoms with Gasteiger partial charge in [-0.3, -0.25) is 0 Å². The molecule has 3 rings (SSSR count). The minimum atomic E-state index is 0.378. The van der Waals surface area contributed by atoms with Gasteiger partial charge in [0.1, 0.15) is 5.75 Å². The number of hydrogen-bond acceptors (Lipinski definition) is 3. The smallest absolute Gasteiger partial charge is 0.116 e. The second-order valence-electron chi connectivity index (χ2n) is 4.92. The Morgan fingerprint density at radius 2 is 2.31 bits per heavy atom. The molecule has 0 radical (unpaired) electrons. The van der Waals surface area contributed by atoms with Crippen LogP contribution in [0.1, 0.15) is 18.4 Å². The van der Waals surface area contributed by atoms with Crippen molar-refractivity contribution in [3.8, 4) is 5.75 Å². The lowest BCUT2D eigenvalue weighted by atomic mass is 9.88. The molecule has 1 aromatic rings. The average molecular weight is 218 g/mol. The molecular weight excluding hydrogens is 200 g/mol. The molecule has 86 valence electrons. The highest BCUT2D eigenvalue weighted by atomic mass is 16.3. The number of rotatable bonds is 1. The first-order valence-electron chi connectivity index (χ1n) is 6.08. The van der Waals surface area contributed by atoms with Crippen molar-refractivity contribution in [2.75, 3.05) is 18.0 Å². The Balaban J connectivity index is 1.96. The second-order valence-corrected chi connectivity index (χ2v) is 4.92. The molecule has 2 heterocycles. The van der Waals surface area contributed by atoms with Crippen LogP contribution in [0.5, 0.6) is 5.75 Å². The maximum absolute atomic E-state index is 9.51. The predicted molar refractivity (Wildman–Crippen MR) is 64.7 cm³/mol. The number of phenols is 1. The first-order chi connectivity index (χ1) is 7.79. The van der Waals surface area contributed by atoms with E-state index in [0.29, 0.717) is 17.7 Å². The summed E-state index contributed by atoms with van der Waals surface area (Å²) in [5.41, 5.74) is 8.44. The van der Waals surface area contributed by atoms with Crippen LogP contribution in [0.15, 0.2) is 18.2 Å². The van der Waals surface area contributed by atoms with Crippen molar-refractivity contribution in [1.82, 2.24) is 0 Å². The minimum Gasteiger partial charge on any atom is -0.508 e. The first-order valence-corrected chi connectivity index (χ1v) is 6.08. The molecule has 3 nitrogen and oxygen atoms in total. The number of aromatic hydroxyl groups is 1. The maximum atomic E-state index is 9.51. The molecule has 0 amide bonds. The molecule has 16 heavy (non-hydrogen) atoms. The summed E-state index contributed by atoms with van der Waals surface area (Å²) in [5, 5.41) is 9.51. The van der Waals surface area contributed by atoms with Crippen molar-refractivity contribution >= 4 is 5.69 Å². The van der Waals surface area contributed by atoms with E-state index in [1.54, 1.807) is 6.07 Å². The molecular formula is C13H18N2O. The van der Waals surface area contributed by atoms with Crippen LogP contribution in [-0.4, -0.2) is 24.2 Å². The van der Waals surface area contributed by atoms with E-state index in [9.17, 15) is 5.11 Å². The molecule has 0 spiro atoms. The number of anilines is 1. The third-order valence-corrected chi connectivity index (χ3v) is 4.02. The number of nitrogens with two attached hydrogens (primary N) is 1. The van der Waals surface area contributed by atoms with Gasteiger partial charge < -0.3 is 15.7 Å². The molecule has 0 bridgehead atoms. The summed E-state index contributed by atoms with van der Waals surface area (Å²) >= 11 is 0. The minimum absolute atomic E-state index is 0.378. The zero-order valence-corrected chi connectivity index (χ0v) is 9.39. The maximum Gasteiger partial charge on any atom is 0.116 e. The van der Waals surface area contributed by atoms with Gasteiger partial charge in [0.25, 0.3) is 0 Å². The Hall–Kier alpha value is -1.22. The lowest BCUT2D eigenvalue weighted by Gasteiger charge is -2.38. The zero-order chi connectivity index (χ0) is 11.1. The summed E-state index contributed by atoms with van der Waals surface area (Å²) in [7, 11) is 0. The van der Waals surface area contributed by atoms with Gasteiger partial charge in [-0.05, 0) is 55.5 Å². The van der Waals surface area contributed by atoms with E-state index >= 15 is 0 Å². The fraction of sp³-hybridized carbons (Fsp3) is 0.538. The van der Waals surface area contributed by atoms with Crippen molar-refractivity contribution in [2.45, 2.75) is 25.3 Å². The summed E-state index contributed by atoms with van der Waals surface area (Å²) in [5.74, 6) is 0.992. The molecule has 2 aliphatic rings. The fourth-order valence-corrected chi connectivity index (χ4v) is 3.23. The van der Waals surface area contributed by atoms with Crippen LogP contribution in [0.4, 0.5) is 5.69 Å². The average Bonchev–Trinajstić information content (AvgIpc) is 2.65.